The number of fused-ring (bicyclic) bond motifs is 1. The maximum Gasteiger partial charge on any atom is 0.343 e. The lowest BCUT2D eigenvalue weighted by Crippen LogP contribution is -1.97. The normalized spacial score (nSPS) is 16.0. The van der Waals surface area contributed by atoms with Gasteiger partial charge in [-0.1, -0.05) is 6.07 Å². The summed E-state index contributed by atoms with van der Waals surface area (Å²) in [5.41, 5.74) is 2.66. The molecule has 0 aliphatic carbocycles. The molecule has 112 valence electrons. The van der Waals surface area contributed by atoms with E-state index in [4.69, 9.17) is 4.74 Å². The van der Waals surface area contributed by atoms with Crippen LogP contribution in [-0.4, -0.2) is 15.4 Å². The number of carbonyl (C=O) groups excluding carboxylic acids is 1. The van der Waals surface area contributed by atoms with Gasteiger partial charge in [0.05, 0.1) is 17.5 Å². The van der Waals surface area contributed by atoms with Gasteiger partial charge in [0.25, 0.3) is 0 Å². The summed E-state index contributed by atoms with van der Waals surface area (Å²) in [6.07, 6.45) is 6.94. The van der Waals surface area contributed by atoms with Crippen molar-refractivity contribution in [3.63, 3.8) is 0 Å². The number of esters is 1. The molecule has 3 heterocycles. The molecule has 0 saturated heterocycles. The molecule has 1 aliphatic heterocycles. The van der Waals surface area contributed by atoms with Gasteiger partial charge in [0.1, 0.15) is 17.2 Å². The van der Waals surface area contributed by atoms with E-state index in [1.807, 2.05) is 28.8 Å². The molecule has 4 nitrogen and oxygen atoms in total. The lowest BCUT2D eigenvalue weighted by molar-refractivity contribution is -0.130. The minimum Gasteiger partial charge on any atom is -0.422 e. The highest BCUT2D eigenvalue weighted by atomic mass is 19.1. The molecule has 0 unspecified atom stereocenters. The van der Waals surface area contributed by atoms with Crippen molar-refractivity contribution < 1.29 is 13.9 Å². The first kappa shape index (κ1) is 13.5. The van der Waals surface area contributed by atoms with Crippen LogP contribution in [-0.2, 0) is 9.53 Å². The van der Waals surface area contributed by atoms with Crippen LogP contribution in [0, 0.1) is 5.82 Å². The molecule has 0 bridgehead atoms. The van der Waals surface area contributed by atoms with Crippen molar-refractivity contribution >= 4 is 23.5 Å². The third kappa shape index (κ3) is 2.42. The monoisotopic (exact) mass is 306 g/mol. The quantitative estimate of drug-likeness (QED) is 0.538. The summed E-state index contributed by atoms with van der Waals surface area (Å²) in [4.78, 5) is 16.3. The van der Waals surface area contributed by atoms with Crippen LogP contribution in [0.4, 0.5) is 4.39 Å². The number of rotatable bonds is 2. The molecule has 0 amide bonds. The number of hydrogen-bond acceptors (Lipinski definition) is 3. The molecule has 3 aromatic rings. The lowest BCUT2D eigenvalue weighted by Gasteiger charge is -2.00. The molecule has 2 aromatic heterocycles. The van der Waals surface area contributed by atoms with Crippen LogP contribution in [0.2, 0.25) is 0 Å². The molecule has 4 rings (SSSR count). The van der Waals surface area contributed by atoms with Gasteiger partial charge in [0.15, 0.2) is 0 Å². The van der Waals surface area contributed by atoms with Gasteiger partial charge >= 0.3 is 5.97 Å². The van der Waals surface area contributed by atoms with E-state index >= 15 is 0 Å². The minimum atomic E-state index is -0.435. The van der Waals surface area contributed by atoms with Crippen molar-refractivity contribution in [1.29, 1.82) is 0 Å². The van der Waals surface area contributed by atoms with E-state index < -0.39 is 5.97 Å². The number of pyridine rings is 1. The highest BCUT2D eigenvalue weighted by Gasteiger charge is 2.22. The zero-order valence-electron chi connectivity index (χ0n) is 11.9. The molecule has 5 heteroatoms. The van der Waals surface area contributed by atoms with Crippen molar-refractivity contribution in [2.24, 2.45) is 0 Å². The van der Waals surface area contributed by atoms with Gasteiger partial charge in [-0.3, -0.25) is 0 Å². The van der Waals surface area contributed by atoms with Crippen LogP contribution in [0.1, 0.15) is 11.3 Å². The fraction of sp³-hybridized carbons (Fsp3) is 0. The van der Waals surface area contributed by atoms with Crippen molar-refractivity contribution in [2.75, 3.05) is 0 Å². The molecule has 0 saturated carbocycles. The largest absolute Gasteiger partial charge is 0.422 e. The molecular formula is C18H11FN2O2. The molecule has 0 atom stereocenters. The summed E-state index contributed by atoms with van der Waals surface area (Å²) < 4.78 is 20.1. The standard InChI is InChI=1S/C18H11FN2O2/c19-14-6-4-12(5-7-14)16-10-13(18(22)23-16)9-15-11-20-17-3-1-2-8-21(15)17/h1-11H/b13-9+. The number of benzene rings is 1. The summed E-state index contributed by atoms with van der Waals surface area (Å²) in [5, 5.41) is 0. The summed E-state index contributed by atoms with van der Waals surface area (Å²) in [5.74, 6) is -0.356. The van der Waals surface area contributed by atoms with Crippen LogP contribution in [0.25, 0.3) is 17.5 Å². The zero-order valence-corrected chi connectivity index (χ0v) is 11.9. The minimum absolute atomic E-state index is 0.333. The van der Waals surface area contributed by atoms with E-state index in [-0.39, 0.29) is 5.82 Å². The number of halogens is 1. The van der Waals surface area contributed by atoms with Crippen molar-refractivity contribution in [1.82, 2.24) is 9.38 Å². The van der Waals surface area contributed by atoms with Gasteiger partial charge in [-0.15, -0.1) is 0 Å². The van der Waals surface area contributed by atoms with E-state index in [1.54, 1.807) is 30.5 Å². The summed E-state index contributed by atoms with van der Waals surface area (Å²) in [7, 11) is 0. The van der Waals surface area contributed by atoms with Gasteiger partial charge in [-0.05, 0) is 48.6 Å². The number of cyclic esters (lactones) is 1. The molecular weight excluding hydrogens is 295 g/mol. The smallest absolute Gasteiger partial charge is 0.343 e. The third-order valence-electron chi connectivity index (χ3n) is 3.60. The second-order valence-corrected chi connectivity index (χ2v) is 5.12. The number of imidazole rings is 1. The maximum atomic E-state index is 13.0. The van der Waals surface area contributed by atoms with Crippen LogP contribution in [0.15, 0.2) is 66.5 Å². The van der Waals surface area contributed by atoms with Crippen LogP contribution in [0.3, 0.4) is 0 Å². The Hall–Kier alpha value is -3.21. The van der Waals surface area contributed by atoms with Crippen molar-refractivity contribution in [3.05, 3.63) is 83.6 Å². The Morgan fingerprint density at radius 2 is 1.96 bits per heavy atom. The fourth-order valence-electron chi connectivity index (χ4n) is 2.46. The van der Waals surface area contributed by atoms with Crippen molar-refractivity contribution in [3.8, 4) is 0 Å². The molecule has 1 aliphatic rings. The predicted octanol–water partition coefficient (Wildman–Crippen LogP) is 3.45. The Labute approximate surface area is 131 Å². The van der Waals surface area contributed by atoms with E-state index in [1.165, 1.54) is 12.1 Å². The molecule has 23 heavy (non-hydrogen) atoms. The first-order chi connectivity index (χ1) is 11.2. The number of ether oxygens (including phenoxy) is 1. The van der Waals surface area contributed by atoms with Crippen LogP contribution in [0.5, 0.6) is 0 Å². The second kappa shape index (κ2) is 5.21. The highest BCUT2D eigenvalue weighted by molar-refractivity contribution is 6.04. The number of carbonyl (C=O) groups is 1. The maximum absolute atomic E-state index is 13.0. The number of hydrogen-bond donors (Lipinski definition) is 0. The fourth-order valence-corrected chi connectivity index (χ4v) is 2.46. The van der Waals surface area contributed by atoms with Gasteiger partial charge in [-0.25, -0.2) is 14.2 Å². The Morgan fingerprint density at radius 1 is 1.13 bits per heavy atom. The Kier molecular flexibility index (Phi) is 3.05. The van der Waals surface area contributed by atoms with E-state index in [0.717, 1.165) is 11.3 Å². The Balaban J connectivity index is 1.73. The van der Waals surface area contributed by atoms with Gasteiger partial charge in [0, 0.05) is 11.8 Å². The predicted molar refractivity (Wildman–Crippen MR) is 83.6 cm³/mol. The molecule has 0 fully saturated rings. The average molecular weight is 306 g/mol. The molecule has 1 aromatic carbocycles. The first-order valence-corrected chi connectivity index (χ1v) is 7.04. The summed E-state index contributed by atoms with van der Waals surface area (Å²) >= 11 is 0. The van der Waals surface area contributed by atoms with Gasteiger partial charge in [-0.2, -0.15) is 0 Å². The Morgan fingerprint density at radius 3 is 2.78 bits per heavy atom. The third-order valence-corrected chi connectivity index (χ3v) is 3.60. The average Bonchev–Trinajstić information content (AvgIpc) is 3.13. The van der Waals surface area contributed by atoms with Gasteiger partial charge < -0.3 is 9.14 Å². The summed E-state index contributed by atoms with van der Waals surface area (Å²) in [6.45, 7) is 0. The molecule has 0 spiro atoms. The van der Waals surface area contributed by atoms with Crippen LogP contribution >= 0.6 is 0 Å². The zero-order chi connectivity index (χ0) is 15.8. The number of aromatic nitrogens is 2. The first-order valence-electron chi connectivity index (χ1n) is 7.04. The van der Waals surface area contributed by atoms with Gasteiger partial charge in [0.2, 0.25) is 0 Å². The lowest BCUT2D eigenvalue weighted by atomic mass is 10.1. The van der Waals surface area contributed by atoms with E-state index in [9.17, 15) is 9.18 Å². The van der Waals surface area contributed by atoms with Crippen molar-refractivity contribution in [2.45, 2.75) is 0 Å². The molecule has 0 N–H and O–H groups in total. The number of nitrogens with zero attached hydrogens (tertiary/aromatic N) is 2. The van der Waals surface area contributed by atoms with E-state index in [0.29, 0.717) is 16.9 Å². The highest BCUT2D eigenvalue weighted by Crippen LogP contribution is 2.27. The SMILES string of the molecule is O=C1OC(c2ccc(F)cc2)=C/C1=C\c1cnc2ccccn12. The van der Waals surface area contributed by atoms with E-state index in [2.05, 4.69) is 4.98 Å². The molecule has 0 radical (unpaired) electrons. The second-order valence-electron chi connectivity index (χ2n) is 5.12. The summed E-state index contributed by atoms with van der Waals surface area (Å²) in [6, 6.07) is 11.5. The Bertz CT molecular complexity index is 968. The van der Waals surface area contributed by atoms with Crippen LogP contribution < -0.4 is 0 Å². The topological polar surface area (TPSA) is 43.6 Å².